The van der Waals surface area contributed by atoms with Crippen LogP contribution in [0, 0.1) is 0 Å². The molecule has 1 atom stereocenters. The molecule has 0 saturated carbocycles. The fourth-order valence-corrected chi connectivity index (χ4v) is 2.72. The number of nitrogen functional groups attached to an aromatic ring is 1. The summed E-state index contributed by atoms with van der Waals surface area (Å²) >= 11 is 3.46. The molecule has 2 rings (SSSR count). The van der Waals surface area contributed by atoms with Crippen LogP contribution in [-0.4, -0.2) is 18.8 Å². The van der Waals surface area contributed by atoms with Crippen molar-refractivity contribution < 1.29 is 4.74 Å². The Hall–Kier alpha value is -0.580. The minimum Gasteiger partial charge on any atom is -0.399 e. The second-order valence-corrected chi connectivity index (χ2v) is 5.88. The molecule has 3 nitrogen and oxygen atoms in total. The Bertz CT molecular complexity index is 369. The molecule has 1 fully saturated rings. The summed E-state index contributed by atoms with van der Waals surface area (Å²) in [5.41, 5.74) is 7.90. The van der Waals surface area contributed by atoms with Crippen LogP contribution >= 0.6 is 15.9 Å². The van der Waals surface area contributed by atoms with Gasteiger partial charge < -0.3 is 15.8 Å². The third kappa shape index (κ3) is 3.69. The molecule has 0 radical (unpaired) electrons. The molecular weight excluding hydrogens is 280 g/mol. The van der Waals surface area contributed by atoms with Crippen LogP contribution in [0.25, 0.3) is 0 Å². The van der Waals surface area contributed by atoms with Gasteiger partial charge in [-0.05, 0) is 43.5 Å². The monoisotopic (exact) mass is 298 g/mol. The second kappa shape index (κ2) is 5.38. The smallest absolute Gasteiger partial charge is 0.0645 e. The molecule has 0 amide bonds. The Labute approximate surface area is 111 Å². The summed E-state index contributed by atoms with van der Waals surface area (Å²) in [5.74, 6) is 0. The topological polar surface area (TPSA) is 47.3 Å². The first kappa shape index (κ1) is 12.9. The molecule has 0 spiro atoms. The Morgan fingerprint density at radius 3 is 2.94 bits per heavy atom. The van der Waals surface area contributed by atoms with Crippen LogP contribution in [0.4, 0.5) is 5.69 Å². The van der Waals surface area contributed by atoms with Crippen LogP contribution in [0.3, 0.4) is 0 Å². The fourth-order valence-electron chi connectivity index (χ4n) is 2.17. The van der Waals surface area contributed by atoms with Gasteiger partial charge in [-0.3, -0.25) is 0 Å². The van der Waals surface area contributed by atoms with Gasteiger partial charge in [-0.1, -0.05) is 15.9 Å². The van der Waals surface area contributed by atoms with E-state index in [1.165, 1.54) is 5.56 Å². The standard InChI is InChI=1S/C13H19BrN2O/c1-13(3-2-4-17-9-13)16-8-10-5-11(14)7-12(15)6-10/h5-7,16H,2-4,8-9,15H2,1H3. The van der Waals surface area contributed by atoms with Crippen LogP contribution in [0.5, 0.6) is 0 Å². The van der Waals surface area contributed by atoms with Crippen LogP contribution in [-0.2, 0) is 11.3 Å². The molecule has 1 aliphatic rings. The predicted molar refractivity (Wildman–Crippen MR) is 73.9 cm³/mol. The molecule has 1 saturated heterocycles. The van der Waals surface area contributed by atoms with Gasteiger partial charge in [0.05, 0.1) is 6.61 Å². The summed E-state index contributed by atoms with van der Waals surface area (Å²) in [6.07, 6.45) is 2.29. The van der Waals surface area contributed by atoms with Crippen molar-refractivity contribution in [3.63, 3.8) is 0 Å². The molecule has 3 N–H and O–H groups in total. The number of hydrogen-bond donors (Lipinski definition) is 2. The van der Waals surface area contributed by atoms with Gasteiger partial charge in [0.2, 0.25) is 0 Å². The van der Waals surface area contributed by atoms with E-state index < -0.39 is 0 Å². The van der Waals surface area contributed by atoms with Crippen molar-refractivity contribution in [2.24, 2.45) is 0 Å². The van der Waals surface area contributed by atoms with Gasteiger partial charge in [0, 0.05) is 28.9 Å². The van der Waals surface area contributed by atoms with Crippen molar-refractivity contribution in [2.45, 2.75) is 31.8 Å². The number of rotatable bonds is 3. The van der Waals surface area contributed by atoms with Gasteiger partial charge >= 0.3 is 0 Å². The number of benzene rings is 1. The average molecular weight is 299 g/mol. The van der Waals surface area contributed by atoms with Gasteiger partial charge in [0.1, 0.15) is 0 Å². The predicted octanol–water partition coefficient (Wildman–Crippen LogP) is 2.69. The van der Waals surface area contributed by atoms with Crippen LogP contribution < -0.4 is 11.1 Å². The average Bonchev–Trinajstić information content (AvgIpc) is 2.26. The molecule has 1 aliphatic heterocycles. The van der Waals surface area contributed by atoms with E-state index in [1.54, 1.807) is 0 Å². The van der Waals surface area contributed by atoms with Gasteiger partial charge in [0.15, 0.2) is 0 Å². The molecule has 1 aromatic carbocycles. The maximum absolute atomic E-state index is 5.82. The third-order valence-electron chi connectivity index (χ3n) is 3.14. The first-order valence-corrected chi connectivity index (χ1v) is 6.74. The Morgan fingerprint density at radius 2 is 2.29 bits per heavy atom. The Morgan fingerprint density at radius 1 is 1.47 bits per heavy atom. The van der Waals surface area contributed by atoms with Gasteiger partial charge in [-0.2, -0.15) is 0 Å². The summed E-state index contributed by atoms with van der Waals surface area (Å²) in [5, 5.41) is 3.57. The van der Waals surface area contributed by atoms with Crippen molar-refractivity contribution >= 4 is 21.6 Å². The molecule has 1 heterocycles. The molecule has 0 aromatic heterocycles. The quantitative estimate of drug-likeness (QED) is 0.844. The molecule has 94 valence electrons. The minimum absolute atomic E-state index is 0.0926. The SMILES string of the molecule is CC1(NCc2cc(N)cc(Br)c2)CCCOC1. The highest BCUT2D eigenvalue weighted by molar-refractivity contribution is 9.10. The maximum atomic E-state index is 5.82. The highest BCUT2D eigenvalue weighted by atomic mass is 79.9. The van der Waals surface area contributed by atoms with E-state index in [-0.39, 0.29) is 5.54 Å². The van der Waals surface area contributed by atoms with E-state index in [0.29, 0.717) is 0 Å². The van der Waals surface area contributed by atoms with Crippen molar-refractivity contribution in [1.29, 1.82) is 0 Å². The van der Waals surface area contributed by atoms with Gasteiger partial charge in [-0.25, -0.2) is 0 Å². The Balaban J connectivity index is 1.96. The largest absolute Gasteiger partial charge is 0.399 e. The van der Waals surface area contributed by atoms with Crippen molar-refractivity contribution in [3.8, 4) is 0 Å². The fraction of sp³-hybridized carbons (Fsp3) is 0.538. The zero-order valence-corrected chi connectivity index (χ0v) is 11.7. The van der Waals surface area contributed by atoms with E-state index in [2.05, 4.69) is 34.2 Å². The number of hydrogen-bond acceptors (Lipinski definition) is 3. The van der Waals surface area contributed by atoms with Crippen LogP contribution in [0.1, 0.15) is 25.3 Å². The van der Waals surface area contributed by atoms with E-state index in [0.717, 1.165) is 42.8 Å². The minimum atomic E-state index is 0.0926. The number of anilines is 1. The zero-order chi connectivity index (χ0) is 12.3. The first-order valence-electron chi connectivity index (χ1n) is 5.95. The second-order valence-electron chi connectivity index (χ2n) is 4.96. The number of nitrogens with one attached hydrogen (secondary N) is 1. The maximum Gasteiger partial charge on any atom is 0.0645 e. The summed E-state index contributed by atoms with van der Waals surface area (Å²) in [6, 6.07) is 6.01. The van der Waals surface area contributed by atoms with Gasteiger partial charge in [-0.15, -0.1) is 0 Å². The lowest BCUT2D eigenvalue weighted by Gasteiger charge is -2.34. The van der Waals surface area contributed by atoms with Crippen molar-refractivity contribution in [1.82, 2.24) is 5.32 Å². The number of nitrogens with two attached hydrogens (primary N) is 1. The van der Waals surface area contributed by atoms with Crippen molar-refractivity contribution in [3.05, 3.63) is 28.2 Å². The number of halogens is 1. The normalized spacial score (nSPS) is 24.8. The molecule has 0 bridgehead atoms. The summed E-state index contributed by atoms with van der Waals surface area (Å²) in [6.45, 7) is 4.72. The lowest BCUT2D eigenvalue weighted by atomic mass is 9.94. The molecular formula is C13H19BrN2O. The summed E-state index contributed by atoms with van der Waals surface area (Å²) in [7, 11) is 0. The van der Waals surface area contributed by atoms with E-state index in [1.807, 2.05) is 12.1 Å². The highest BCUT2D eigenvalue weighted by Crippen LogP contribution is 2.21. The first-order chi connectivity index (χ1) is 8.07. The van der Waals surface area contributed by atoms with Gasteiger partial charge in [0.25, 0.3) is 0 Å². The summed E-state index contributed by atoms with van der Waals surface area (Å²) < 4.78 is 6.55. The van der Waals surface area contributed by atoms with E-state index in [9.17, 15) is 0 Å². The molecule has 1 unspecified atom stereocenters. The lowest BCUT2D eigenvalue weighted by Crippen LogP contribution is -2.48. The summed E-state index contributed by atoms with van der Waals surface area (Å²) in [4.78, 5) is 0. The van der Waals surface area contributed by atoms with Crippen molar-refractivity contribution in [2.75, 3.05) is 18.9 Å². The molecule has 4 heteroatoms. The molecule has 1 aromatic rings. The zero-order valence-electron chi connectivity index (χ0n) is 10.1. The molecule has 0 aliphatic carbocycles. The molecule has 17 heavy (non-hydrogen) atoms. The highest BCUT2D eigenvalue weighted by Gasteiger charge is 2.26. The Kier molecular flexibility index (Phi) is 4.07. The van der Waals surface area contributed by atoms with Crippen LogP contribution in [0.2, 0.25) is 0 Å². The van der Waals surface area contributed by atoms with E-state index >= 15 is 0 Å². The lowest BCUT2D eigenvalue weighted by molar-refractivity contribution is 0.0278. The number of ether oxygens (including phenoxy) is 1. The van der Waals surface area contributed by atoms with E-state index in [4.69, 9.17) is 10.5 Å². The van der Waals surface area contributed by atoms with Crippen LogP contribution in [0.15, 0.2) is 22.7 Å². The third-order valence-corrected chi connectivity index (χ3v) is 3.59.